The van der Waals surface area contributed by atoms with Gasteiger partial charge in [0.1, 0.15) is 12.9 Å². The summed E-state index contributed by atoms with van der Waals surface area (Å²) in [6.45, 7) is 1.67. The Hall–Kier alpha value is -3.44. The van der Waals surface area contributed by atoms with E-state index < -0.39 is 64.4 Å². The van der Waals surface area contributed by atoms with Crippen LogP contribution >= 0.6 is 0 Å². The van der Waals surface area contributed by atoms with Crippen LogP contribution in [0.2, 0.25) is 0 Å². The number of phenols is 1. The van der Waals surface area contributed by atoms with Crippen LogP contribution < -0.4 is 5.73 Å². The molecule has 0 aromatic heterocycles. The van der Waals surface area contributed by atoms with Gasteiger partial charge in [0.25, 0.3) is 0 Å². The minimum absolute atomic E-state index is 0.0144. The van der Waals surface area contributed by atoms with Crippen molar-refractivity contribution < 1.29 is 39.0 Å². The lowest BCUT2D eigenvalue weighted by Gasteiger charge is -2.52. The number of phenolic OH excluding ortho intramolecular Hbond substituents is 1. The molecule has 1 aromatic rings. The molecule has 3 aliphatic carbocycles. The van der Waals surface area contributed by atoms with Crippen molar-refractivity contribution in [2.45, 2.75) is 31.4 Å². The first kappa shape index (κ1) is 24.7. The molecular formula is C24H27N3O8. The van der Waals surface area contributed by atoms with E-state index in [1.807, 2.05) is 0 Å². The van der Waals surface area contributed by atoms with Gasteiger partial charge in [0, 0.05) is 11.5 Å². The van der Waals surface area contributed by atoms with Gasteiger partial charge in [0.2, 0.25) is 5.91 Å². The van der Waals surface area contributed by atoms with E-state index in [4.69, 9.17) is 10.6 Å². The fourth-order valence-corrected chi connectivity index (χ4v) is 6.13. The van der Waals surface area contributed by atoms with E-state index in [0.29, 0.717) is 16.8 Å². The minimum Gasteiger partial charge on any atom is -0.507 e. The number of aliphatic hydroxyl groups is 1. The Labute approximate surface area is 200 Å². The first-order valence-corrected chi connectivity index (χ1v) is 11.1. The number of likely N-dealkylation sites (N-methyl/N-ethyl adjacent to an activating group) is 1. The first-order valence-electron chi connectivity index (χ1n) is 11.1. The highest BCUT2D eigenvalue weighted by Crippen LogP contribution is 2.51. The fraction of sp³-hybridized carbons (Fsp3) is 0.500. The zero-order chi connectivity index (χ0) is 26.0. The van der Waals surface area contributed by atoms with Crippen LogP contribution in [0.3, 0.4) is 0 Å². The van der Waals surface area contributed by atoms with Gasteiger partial charge in [-0.05, 0) is 57.5 Å². The molecule has 0 saturated heterocycles. The number of fused-ring (bicyclic) bond motifs is 3. The van der Waals surface area contributed by atoms with E-state index in [-0.39, 0.29) is 24.2 Å². The summed E-state index contributed by atoms with van der Waals surface area (Å²) < 4.78 is 0. The molecule has 2 fully saturated rings. The number of nitrogens with two attached hydrogens (primary N) is 1. The van der Waals surface area contributed by atoms with E-state index in [1.165, 1.54) is 32.2 Å². The summed E-state index contributed by atoms with van der Waals surface area (Å²) in [4.78, 5) is 71.9. The molecule has 11 nitrogen and oxygen atoms in total. The van der Waals surface area contributed by atoms with Crippen molar-refractivity contribution in [3.63, 3.8) is 0 Å². The van der Waals surface area contributed by atoms with Crippen LogP contribution in [0.4, 0.5) is 0 Å². The Morgan fingerprint density at radius 1 is 1.20 bits per heavy atom. The Kier molecular flexibility index (Phi) is 5.89. The third-order valence-corrected chi connectivity index (χ3v) is 7.56. The summed E-state index contributed by atoms with van der Waals surface area (Å²) in [6, 6.07) is 1.76. The number of nitrogens with zero attached hydrogens (tertiary/aromatic N) is 2. The van der Waals surface area contributed by atoms with Crippen LogP contribution in [-0.4, -0.2) is 82.7 Å². The third-order valence-electron chi connectivity index (χ3n) is 7.56. The molecule has 1 aromatic carbocycles. The topological polar surface area (TPSA) is 177 Å². The molecule has 0 bridgehead atoms. The highest BCUT2D eigenvalue weighted by molar-refractivity contribution is 6.32. The van der Waals surface area contributed by atoms with Crippen molar-refractivity contribution in [2.75, 3.05) is 21.2 Å². The fourth-order valence-electron chi connectivity index (χ4n) is 6.13. The zero-order valence-corrected chi connectivity index (χ0v) is 19.8. The molecule has 0 aliphatic heterocycles. The Balaban J connectivity index is 1.89. The number of hydrogen-bond acceptors (Lipinski definition) is 10. The molecule has 0 heterocycles. The Bertz CT molecular complexity index is 1210. The van der Waals surface area contributed by atoms with Gasteiger partial charge in [0.05, 0.1) is 23.2 Å². The lowest BCUT2D eigenvalue weighted by molar-refractivity contribution is -0.181. The highest BCUT2D eigenvalue weighted by Gasteiger charge is 2.69. The number of primary amides is 1. The second-order valence-corrected chi connectivity index (χ2v) is 9.63. The number of amides is 1. The molecule has 6 atom stereocenters. The predicted octanol–water partition coefficient (Wildman–Crippen LogP) is -0.763. The lowest BCUT2D eigenvalue weighted by atomic mass is 9.52. The second kappa shape index (κ2) is 8.35. The summed E-state index contributed by atoms with van der Waals surface area (Å²) in [7, 11) is 4.45. The van der Waals surface area contributed by atoms with Crippen LogP contribution in [0, 0.1) is 23.7 Å². The highest BCUT2D eigenvalue weighted by atomic mass is 16.6. The van der Waals surface area contributed by atoms with Gasteiger partial charge in [-0.2, -0.15) is 0 Å². The molecule has 2 unspecified atom stereocenters. The van der Waals surface area contributed by atoms with E-state index in [2.05, 4.69) is 5.16 Å². The largest absolute Gasteiger partial charge is 0.507 e. The number of oxime groups is 1. The summed E-state index contributed by atoms with van der Waals surface area (Å²) in [5.74, 6) is -10.7. The van der Waals surface area contributed by atoms with Crippen molar-refractivity contribution >= 4 is 34.8 Å². The zero-order valence-electron chi connectivity index (χ0n) is 19.8. The molecule has 1 amide bonds. The van der Waals surface area contributed by atoms with Crippen molar-refractivity contribution in [3.05, 3.63) is 28.8 Å². The molecule has 3 aliphatic rings. The number of ketones is 4. The Morgan fingerprint density at radius 2 is 1.86 bits per heavy atom. The van der Waals surface area contributed by atoms with Gasteiger partial charge in [-0.25, -0.2) is 0 Å². The maximum atomic E-state index is 13.7. The maximum absolute atomic E-state index is 13.7. The normalized spacial score (nSPS) is 32.7. The van der Waals surface area contributed by atoms with Crippen LogP contribution in [0.1, 0.15) is 34.8 Å². The predicted molar refractivity (Wildman–Crippen MR) is 121 cm³/mol. The van der Waals surface area contributed by atoms with Crippen LogP contribution in [0.5, 0.6) is 5.75 Å². The van der Waals surface area contributed by atoms with Gasteiger partial charge < -0.3 is 20.8 Å². The SMILES string of the molecule is CO/N=C(/C)c1ccc(O)c2c1C[C@H]1C[C@H]3[C@H](N(C)C)C(=O)C(C(N)=O)C(=O)[C@@]3(O)C(=O)C1C2=O. The van der Waals surface area contributed by atoms with Crippen LogP contribution in [0.25, 0.3) is 0 Å². The van der Waals surface area contributed by atoms with Crippen LogP contribution in [-0.2, 0) is 30.4 Å². The number of Topliss-reactive ketones (excluding diaryl/α,β-unsaturated/α-hetero) is 4. The number of carbonyl (C=O) groups excluding carboxylic acids is 5. The number of aromatic hydroxyl groups is 1. The molecule has 0 spiro atoms. The summed E-state index contributed by atoms with van der Waals surface area (Å²) in [6.07, 6.45) is 0.144. The maximum Gasteiger partial charge on any atom is 0.235 e. The lowest BCUT2D eigenvalue weighted by Crippen LogP contribution is -2.74. The minimum atomic E-state index is -2.74. The molecule has 186 valence electrons. The van der Waals surface area contributed by atoms with Gasteiger partial charge in [-0.15, -0.1) is 0 Å². The number of carbonyl (C=O) groups is 5. The van der Waals surface area contributed by atoms with Gasteiger partial charge >= 0.3 is 0 Å². The van der Waals surface area contributed by atoms with Crippen molar-refractivity contribution in [1.29, 1.82) is 0 Å². The number of benzene rings is 1. The van der Waals surface area contributed by atoms with E-state index in [1.54, 1.807) is 13.0 Å². The smallest absolute Gasteiger partial charge is 0.235 e. The number of rotatable bonds is 4. The average Bonchev–Trinajstić information content (AvgIpc) is 2.76. The standard InChI is InChI=1S/C24H27N3O8/c1-9(26-35-4)11-5-6-14(28)16-12(11)7-10-8-13-18(27(2)3)20(30)17(23(25)33)22(32)24(13,34)21(31)15(10)19(16)29/h5-6,10,13,15,17-18,28,34H,7-8H2,1-4H3,(H2,25,33)/b26-9-/t10-,13-,15?,17?,18-,24-/m0/s1. The molecule has 11 heteroatoms. The van der Waals surface area contributed by atoms with Gasteiger partial charge in [0.15, 0.2) is 34.7 Å². The van der Waals surface area contributed by atoms with Crippen molar-refractivity contribution in [3.8, 4) is 5.75 Å². The van der Waals surface area contributed by atoms with Crippen molar-refractivity contribution in [1.82, 2.24) is 4.90 Å². The average molecular weight is 485 g/mol. The van der Waals surface area contributed by atoms with Crippen LogP contribution in [0.15, 0.2) is 17.3 Å². The van der Waals surface area contributed by atoms with E-state index >= 15 is 0 Å². The molecular weight excluding hydrogens is 458 g/mol. The van der Waals surface area contributed by atoms with Crippen molar-refractivity contribution in [2.24, 2.45) is 34.6 Å². The van der Waals surface area contributed by atoms with Gasteiger partial charge in [-0.1, -0.05) is 5.16 Å². The van der Waals surface area contributed by atoms with E-state index in [0.717, 1.165) is 0 Å². The number of hydrogen-bond donors (Lipinski definition) is 3. The Morgan fingerprint density at radius 3 is 2.43 bits per heavy atom. The second-order valence-electron chi connectivity index (χ2n) is 9.63. The summed E-state index contributed by atoms with van der Waals surface area (Å²) >= 11 is 0. The molecule has 35 heavy (non-hydrogen) atoms. The molecule has 0 radical (unpaired) electrons. The molecule has 4 rings (SSSR count). The quantitative estimate of drug-likeness (QED) is 0.281. The summed E-state index contributed by atoms with van der Waals surface area (Å²) in [5, 5.41) is 26.0. The van der Waals surface area contributed by atoms with E-state index in [9.17, 15) is 34.2 Å². The van der Waals surface area contributed by atoms with Gasteiger partial charge in [-0.3, -0.25) is 28.9 Å². The third kappa shape index (κ3) is 3.33. The first-order chi connectivity index (χ1) is 16.4. The monoisotopic (exact) mass is 485 g/mol. The molecule has 2 saturated carbocycles. The molecule has 4 N–H and O–H groups in total. The summed E-state index contributed by atoms with van der Waals surface area (Å²) in [5.41, 5.74) is 3.95.